The van der Waals surface area contributed by atoms with Gasteiger partial charge in [0.05, 0.1) is 13.2 Å². The molecule has 3 fully saturated rings. The van der Waals surface area contributed by atoms with Gasteiger partial charge in [0.2, 0.25) is 5.79 Å². The van der Waals surface area contributed by atoms with Crippen molar-refractivity contribution in [1.29, 1.82) is 0 Å². The molecule has 2 amide bonds. The van der Waals surface area contributed by atoms with Crippen LogP contribution < -0.4 is 9.64 Å². The number of hydrogen-bond acceptors (Lipinski definition) is 5. The lowest BCUT2D eigenvalue weighted by Gasteiger charge is -2.47. The minimum Gasteiger partial charge on any atom is -0.462 e. The standard InChI is InChI=1S/C21H29N3O4/c25-13-12-23-10-11-24(20(23)26)18-4-5-19-16(14-18)15-27-21(28-19)6-8-22(9-7-21)17-2-1-3-17/h4-5,14,17,25H,1-3,6-13,15H2. The van der Waals surface area contributed by atoms with Gasteiger partial charge in [0, 0.05) is 62.9 Å². The van der Waals surface area contributed by atoms with E-state index in [2.05, 4.69) is 4.90 Å². The summed E-state index contributed by atoms with van der Waals surface area (Å²) in [6.07, 6.45) is 5.86. The summed E-state index contributed by atoms with van der Waals surface area (Å²) in [6, 6.07) is 6.67. The van der Waals surface area contributed by atoms with E-state index < -0.39 is 5.79 Å². The predicted octanol–water partition coefficient (Wildman–Crippen LogP) is 2.17. The number of likely N-dealkylation sites (tertiary alicyclic amines) is 1. The van der Waals surface area contributed by atoms with Crippen LogP contribution in [0.3, 0.4) is 0 Å². The van der Waals surface area contributed by atoms with Crippen LogP contribution in [0.2, 0.25) is 0 Å². The normalized spacial score (nSPS) is 25.0. The fourth-order valence-electron chi connectivity index (χ4n) is 4.76. The molecule has 28 heavy (non-hydrogen) atoms. The van der Waals surface area contributed by atoms with Crippen molar-refractivity contribution in [3.63, 3.8) is 0 Å². The minimum absolute atomic E-state index is 0.00823. The van der Waals surface area contributed by atoms with Gasteiger partial charge in [0.25, 0.3) is 0 Å². The zero-order valence-corrected chi connectivity index (χ0v) is 16.3. The second-order valence-electron chi connectivity index (χ2n) is 8.36. The Labute approximate surface area is 165 Å². The first kappa shape index (κ1) is 18.2. The molecule has 1 aromatic carbocycles. The summed E-state index contributed by atoms with van der Waals surface area (Å²) in [5.41, 5.74) is 1.87. The molecule has 3 heterocycles. The van der Waals surface area contributed by atoms with Gasteiger partial charge in [0.1, 0.15) is 5.75 Å². The number of carbonyl (C=O) groups is 1. The summed E-state index contributed by atoms with van der Waals surface area (Å²) < 4.78 is 12.6. The third-order valence-electron chi connectivity index (χ3n) is 6.76. The lowest BCUT2D eigenvalue weighted by atomic mass is 9.89. The molecule has 5 rings (SSSR count). The van der Waals surface area contributed by atoms with E-state index in [0.717, 1.165) is 49.0 Å². The number of benzene rings is 1. The van der Waals surface area contributed by atoms with Crippen LogP contribution in [-0.2, 0) is 11.3 Å². The van der Waals surface area contributed by atoms with Gasteiger partial charge < -0.3 is 19.5 Å². The molecule has 0 bridgehead atoms. The Balaban J connectivity index is 1.26. The molecule has 1 saturated carbocycles. The zero-order chi connectivity index (χ0) is 19.1. The Hall–Kier alpha value is -1.83. The molecule has 4 aliphatic rings. The van der Waals surface area contributed by atoms with Crippen molar-refractivity contribution in [2.24, 2.45) is 0 Å². The average molecular weight is 387 g/mol. The smallest absolute Gasteiger partial charge is 0.324 e. The van der Waals surface area contributed by atoms with Crippen LogP contribution in [0.4, 0.5) is 10.5 Å². The SMILES string of the molecule is O=C1N(CCO)CCN1c1ccc2c(c1)COC1(CCN(C3CCC3)CC1)O2. The van der Waals surface area contributed by atoms with Gasteiger partial charge in [0.15, 0.2) is 0 Å². The van der Waals surface area contributed by atoms with E-state index in [0.29, 0.717) is 26.2 Å². The second kappa shape index (κ2) is 7.21. The van der Waals surface area contributed by atoms with Crippen LogP contribution in [0.15, 0.2) is 18.2 Å². The molecule has 0 aromatic heterocycles. The van der Waals surface area contributed by atoms with Crippen molar-refractivity contribution in [2.45, 2.75) is 50.5 Å². The highest BCUT2D eigenvalue weighted by Gasteiger charge is 2.43. The van der Waals surface area contributed by atoms with Gasteiger partial charge in [-0.1, -0.05) is 6.42 Å². The average Bonchev–Trinajstić information content (AvgIpc) is 3.03. The summed E-state index contributed by atoms with van der Waals surface area (Å²) in [6.45, 7) is 4.26. The number of urea groups is 1. The van der Waals surface area contributed by atoms with E-state index in [1.807, 2.05) is 18.2 Å². The maximum Gasteiger partial charge on any atom is 0.324 e. The molecule has 7 heteroatoms. The van der Waals surface area contributed by atoms with Crippen LogP contribution in [0.5, 0.6) is 5.75 Å². The number of rotatable bonds is 4. The maximum atomic E-state index is 12.5. The lowest BCUT2D eigenvalue weighted by molar-refractivity contribution is -0.231. The monoisotopic (exact) mass is 387 g/mol. The topological polar surface area (TPSA) is 65.5 Å². The molecule has 0 radical (unpaired) electrons. The fraction of sp³-hybridized carbons (Fsp3) is 0.667. The summed E-state index contributed by atoms with van der Waals surface area (Å²) in [5.74, 6) is 0.391. The van der Waals surface area contributed by atoms with Gasteiger partial charge in [-0.3, -0.25) is 9.80 Å². The molecule has 1 aromatic rings. The highest BCUT2D eigenvalue weighted by molar-refractivity contribution is 5.94. The van der Waals surface area contributed by atoms with E-state index in [9.17, 15) is 4.79 Å². The molecule has 2 saturated heterocycles. The van der Waals surface area contributed by atoms with Crippen molar-refractivity contribution in [3.8, 4) is 5.75 Å². The van der Waals surface area contributed by atoms with Gasteiger partial charge in [-0.15, -0.1) is 0 Å². The number of aliphatic hydroxyl groups is 1. The van der Waals surface area contributed by atoms with Crippen molar-refractivity contribution >= 4 is 11.7 Å². The van der Waals surface area contributed by atoms with Crippen molar-refractivity contribution < 1.29 is 19.4 Å². The van der Waals surface area contributed by atoms with E-state index in [4.69, 9.17) is 14.6 Å². The first-order valence-corrected chi connectivity index (χ1v) is 10.5. The molecule has 152 valence electrons. The largest absolute Gasteiger partial charge is 0.462 e. The van der Waals surface area contributed by atoms with Crippen LogP contribution >= 0.6 is 0 Å². The Morgan fingerprint density at radius 1 is 1.14 bits per heavy atom. The molecule has 1 N–H and O–H groups in total. The van der Waals surface area contributed by atoms with Crippen molar-refractivity contribution in [1.82, 2.24) is 9.80 Å². The number of hydrogen-bond donors (Lipinski definition) is 1. The molecule has 1 spiro atoms. The number of carbonyl (C=O) groups excluding carboxylic acids is 1. The number of amides is 2. The van der Waals surface area contributed by atoms with Crippen molar-refractivity contribution in [2.75, 3.05) is 44.2 Å². The summed E-state index contributed by atoms with van der Waals surface area (Å²) in [7, 11) is 0. The summed E-state index contributed by atoms with van der Waals surface area (Å²) in [5, 5.41) is 9.10. The Bertz CT molecular complexity index is 743. The van der Waals surface area contributed by atoms with Crippen LogP contribution in [0, 0.1) is 0 Å². The molecular formula is C21H29N3O4. The maximum absolute atomic E-state index is 12.5. The number of anilines is 1. The van der Waals surface area contributed by atoms with E-state index in [1.165, 1.54) is 19.3 Å². The first-order chi connectivity index (χ1) is 13.7. The predicted molar refractivity (Wildman–Crippen MR) is 104 cm³/mol. The summed E-state index contributed by atoms with van der Waals surface area (Å²) in [4.78, 5) is 18.5. The number of nitrogens with zero attached hydrogens (tertiary/aromatic N) is 3. The quantitative estimate of drug-likeness (QED) is 0.858. The zero-order valence-electron chi connectivity index (χ0n) is 16.3. The number of β-amino-alcohol motifs (C(OH)–C–C–N with tert-alkyl or cyclic N) is 1. The molecule has 7 nitrogen and oxygen atoms in total. The van der Waals surface area contributed by atoms with Gasteiger partial charge >= 0.3 is 6.03 Å². The first-order valence-electron chi connectivity index (χ1n) is 10.5. The Morgan fingerprint density at radius 3 is 2.68 bits per heavy atom. The van der Waals surface area contributed by atoms with Crippen LogP contribution in [-0.4, -0.2) is 72.1 Å². The number of fused-ring (bicyclic) bond motifs is 1. The van der Waals surface area contributed by atoms with E-state index in [1.54, 1.807) is 9.80 Å². The third-order valence-corrected chi connectivity index (χ3v) is 6.76. The molecule has 3 aliphatic heterocycles. The Kier molecular flexibility index (Phi) is 4.69. The lowest BCUT2D eigenvalue weighted by Crippen LogP contribution is -2.54. The van der Waals surface area contributed by atoms with Crippen LogP contribution in [0.25, 0.3) is 0 Å². The molecule has 0 atom stereocenters. The number of ether oxygens (including phenoxy) is 2. The van der Waals surface area contributed by atoms with Crippen LogP contribution in [0.1, 0.15) is 37.7 Å². The minimum atomic E-state index is -0.490. The van der Waals surface area contributed by atoms with E-state index in [-0.39, 0.29) is 12.6 Å². The Morgan fingerprint density at radius 2 is 1.96 bits per heavy atom. The number of piperidine rings is 1. The second-order valence-corrected chi connectivity index (χ2v) is 8.36. The molecule has 0 unspecified atom stereocenters. The highest BCUT2D eigenvalue weighted by Crippen LogP contribution is 2.40. The van der Waals surface area contributed by atoms with Gasteiger partial charge in [-0.05, 0) is 31.0 Å². The van der Waals surface area contributed by atoms with Gasteiger partial charge in [-0.25, -0.2) is 4.79 Å². The highest BCUT2D eigenvalue weighted by atomic mass is 16.7. The van der Waals surface area contributed by atoms with Gasteiger partial charge in [-0.2, -0.15) is 0 Å². The third kappa shape index (κ3) is 3.15. The van der Waals surface area contributed by atoms with Crippen molar-refractivity contribution in [3.05, 3.63) is 23.8 Å². The summed E-state index contributed by atoms with van der Waals surface area (Å²) >= 11 is 0. The molecular weight excluding hydrogens is 358 g/mol. The number of aliphatic hydroxyl groups excluding tert-OH is 1. The fourth-order valence-corrected chi connectivity index (χ4v) is 4.76. The van der Waals surface area contributed by atoms with E-state index >= 15 is 0 Å². The molecule has 1 aliphatic carbocycles.